The molecule has 2 fully saturated rings. The third-order valence-electron chi connectivity index (χ3n) is 2.51. The van der Waals surface area contributed by atoms with Crippen LogP contribution in [0.15, 0.2) is 0 Å². The zero-order chi connectivity index (χ0) is 8.93. The molecule has 2 saturated heterocycles. The summed E-state index contributed by atoms with van der Waals surface area (Å²) in [5.74, 6) is -1.15. The first-order valence-corrected chi connectivity index (χ1v) is 3.90. The van der Waals surface area contributed by atoms with Crippen molar-refractivity contribution in [3.63, 3.8) is 0 Å². The lowest BCUT2D eigenvalue weighted by Gasteiger charge is -2.38. The van der Waals surface area contributed by atoms with Crippen molar-refractivity contribution in [3.8, 4) is 0 Å². The summed E-state index contributed by atoms with van der Waals surface area (Å²) in [5, 5.41) is 28.1. The molecule has 0 aromatic carbocycles. The summed E-state index contributed by atoms with van der Waals surface area (Å²) >= 11 is 0. The zero-order valence-corrected chi connectivity index (χ0v) is 6.67. The highest BCUT2D eigenvalue weighted by Crippen LogP contribution is 2.36. The quantitative estimate of drug-likeness (QED) is 0.406. The van der Waals surface area contributed by atoms with Gasteiger partial charge >= 0.3 is 0 Å². The lowest BCUT2D eigenvalue weighted by Crippen LogP contribution is -2.59. The Hall–Kier alpha value is -0.200. The van der Waals surface area contributed by atoms with Crippen molar-refractivity contribution in [3.05, 3.63) is 0 Å². The fraction of sp³-hybridized carbons (Fsp3) is 1.00. The maximum atomic E-state index is 9.43. The molecule has 0 radical (unpaired) electrons. The van der Waals surface area contributed by atoms with Crippen molar-refractivity contribution in [2.75, 3.05) is 6.61 Å². The summed E-state index contributed by atoms with van der Waals surface area (Å²) in [4.78, 5) is 0. The van der Waals surface area contributed by atoms with E-state index in [4.69, 9.17) is 9.47 Å². The Morgan fingerprint density at radius 3 is 2.58 bits per heavy atom. The first kappa shape index (κ1) is 8.40. The number of rotatable bonds is 0. The van der Waals surface area contributed by atoms with E-state index < -0.39 is 30.2 Å². The van der Waals surface area contributed by atoms with Crippen LogP contribution in [0.5, 0.6) is 0 Å². The molecule has 0 amide bonds. The van der Waals surface area contributed by atoms with Crippen molar-refractivity contribution in [1.29, 1.82) is 0 Å². The van der Waals surface area contributed by atoms with Gasteiger partial charge in [-0.05, 0) is 6.92 Å². The second-order valence-electron chi connectivity index (χ2n) is 3.41. The Morgan fingerprint density at radius 1 is 1.25 bits per heavy atom. The lowest BCUT2D eigenvalue weighted by molar-refractivity contribution is -0.285. The second-order valence-corrected chi connectivity index (χ2v) is 3.41. The second kappa shape index (κ2) is 2.40. The van der Waals surface area contributed by atoms with Crippen LogP contribution < -0.4 is 0 Å². The van der Waals surface area contributed by atoms with E-state index in [1.54, 1.807) is 6.92 Å². The van der Waals surface area contributed by atoms with Crippen molar-refractivity contribution >= 4 is 0 Å². The van der Waals surface area contributed by atoms with Crippen LogP contribution >= 0.6 is 0 Å². The average Bonchev–Trinajstić information content (AvgIpc) is 2.41. The summed E-state index contributed by atoms with van der Waals surface area (Å²) in [6.45, 7) is 1.76. The van der Waals surface area contributed by atoms with E-state index in [1.165, 1.54) is 0 Å². The summed E-state index contributed by atoms with van der Waals surface area (Å²) in [5.41, 5.74) is 0. The minimum atomic E-state index is -1.19. The van der Waals surface area contributed by atoms with Gasteiger partial charge in [0.25, 0.3) is 0 Å². The highest BCUT2D eigenvalue weighted by atomic mass is 16.8. The number of aliphatic hydroxyl groups is 3. The van der Waals surface area contributed by atoms with Gasteiger partial charge in [-0.3, -0.25) is 0 Å². The van der Waals surface area contributed by atoms with Gasteiger partial charge in [-0.2, -0.15) is 0 Å². The molecule has 0 aromatic heterocycles. The van der Waals surface area contributed by atoms with E-state index in [0.717, 1.165) is 0 Å². The Morgan fingerprint density at radius 2 is 1.92 bits per heavy atom. The number of ether oxygens (including phenoxy) is 2. The largest absolute Gasteiger partial charge is 0.387 e. The van der Waals surface area contributed by atoms with Gasteiger partial charge in [-0.1, -0.05) is 0 Å². The van der Waals surface area contributed by atoms with Crippen LogP contribution in [0.3, 0.4) is 0 Å². The summed E-state index contributed by atoms with van der Waals surface area (Å²) in [6, 6.07) is 0. The molecule has 0 aliphatic carbocycles. The SMILES string of the molecule is C[C@]12OC[C@H](O1)[C@@H](O)[C@H](O)[C@@H]2O. The van der Waals surface area contributed by atoms with E-state index in [2.05, 4.69) is 0 Å². The molecule has 2 heterocycles. The topological polar surface area (TPSA) is 79.2 Å². The predicted octanol–water partition coefficient (Wildman–Crippen LogP) is -1.79. The van der Waals surface area contributed by atoms with Crippen LogP contribution in [-0.2, 0) is 9.47 Å². The zero-order valence-electron chi connectivity index (χ0n) is 6.67. The van der Waals surface area contributed by atoms with E-state index in [-0.39, 0.29) is 6.61 Å². The maximum absolute atomic E-state index is 9.43. The summed E-state index contributed by atoms with van der Waals surface area (Å²) in [6.07, 6.45) is -3.95. The molecule has 2 aliphatic heterocycles. The van der Waals surface area contributed by atoms with Gasteiger partial charge in [0.15, 0.2) is 5.79 Å². The fourth-order valence-electron chi connectivity index (χ4n) is 1.66. The van der Waals surface area contributed by atoms with Gasteiger partial charge in [-0.25, -0.2) is 0 Å². The van der Waals surface area contributed by atoms with E-state index in [0.29, 0.717) is 0 Å². The van der Waals surface area contributed by atoms with Crippen LogP contribution in [0, 0.1) is 0 Å². The Labute approximate surface area is 69.5 Å². The monoisotopic (exact) mass is 176 g/mol. The first-order chi connectivity index (χ1) is 5.54. The molecular formula is C7H12O5. The Kier molecular flexibility index (Phi) is 1.68. The average molecular weight is 176 g/mol. The predicted molar refractivity (Wildman–Crippen MR) is 37.3 cm³/mol. The normalized spacial score (nSPS) is 59.0. The first-order valence-electron chi connectivity index (χ1n) is 3.90. The number of hydrogen-bond acceptors (Lipinski definition) is 5. The maximum Gasteiger partial charge on any atom is 0.194 e. The molecule has 0 spiro atoms. The molecule has 2 rings (SSSR count). The third kappa shape index (κ3) is 0.915. The molecule has 0 saturated carbocycles. The standard InChI is InChI=1S/C7H12O5/c1-7-6(10)5(9)4(8)3(12-7)2-11-7/h3-6,8-10H,2H2,1H3/t3-,4+,5-,6-,7-/m0/s1. The van der Waals surface area contributed by atoms with Crippen molar-refractivity contribution < 1.29 is 24.8 Å². The van der Waals surface area contributed by atoms with Crippen LogP contribution in [-0.4, -0.2) is 52.1 Å². The molecule has 5 atom stereocenters. The fourth-order valence-corrected chi connectivity index (χ4v) is 1.66. The van der Waals surface area contributed by atoms with Gasteiger partial charge in [0.2, 0.25) is 0 Å². The van der Waals surface area contributed by atoms with E-state index in [9.17, 15) is 15.3 Å². The lowest BCUT2D eigenvalue weighted by atomic mass is 9.96. The molecule has 70 valence electrons. The van der Waals surface area contributed by atoms with E-state index in [1.807, 2.05) is 0 Å². The Bertz CT molecular complexity index is 196. The van der Waals surface area contributed by atoms with E-state index >= 15 is 0 Å². The van der Waals surface area contributed by atoms with Gasteiger partial charge in [0.05, 0.1) is 6.61 Å². The summed E-state index contributed by atoms with van der Waals surface area (Å²) in [7, 11) is 0. The highest BCUT2D eigenvalue weighted by molar-refractivity contribution is 4.98. The molecule has 12 heavy (non-hydrogen) atoms. The summed E-state index contributed by atoms with van der Waals surface area (Å²) < 4.78 is 10.3. The smallest absolute Gasteiger partial charge is 0.194 e. The van der Waals surface area contributed by atoms with Crippen LogP contribution in [0.4, 0.5) is 0 Å². The van der Waals surface area contributed by atoms with Crippen molar-refractivity contribution in [1.82, 2.24) is 0 Å². The molecular weight excluding hydrogens is 164 g/mol. The number of aliphatic hydroxyl groups excluding tert-OH is 3. The van der Waals surface area contributed by atoms with Gasteiger partial charge in [0, 0.05) is 0 Å². The molecule has 2 aliphatic rings. The molecule has 2 bridgehead atoms. The molecule has 3 N–H and O–H groups in total. The minimum absolute atomic E-state index is 0.214. The molecule has 5 heteroatoms. The minimum Gasteiger partial charge on any atom is -0.387 e. The van der Waals surface area contributed by atoms with Crippen molar-refractivity contribution in [2.24, 2.45) is 0 Å². The van der Waals surface area contributed by atoms with Crippen LogP contribution in [0.2, 0.25) is 0 Å². The van der Waals surface area contributed by atoms with Crippen molar-refractivity contribution in [2.45, 2.75) is 37.1 Å². The number of hydrogen-bond donors (Lipinski definition) is 3. The molecule has 0 aromatic rings. The number of fused-ring (bicyclic) bond motifs is 2. The van der Waals surface area contributed by atoms with Gasteiger partial charge < -0.3 is 24.8 Å². The molecule has 5 nitrogen and oxygen atoms in total. The Balaban J connectivity index is 2.25. The van der Waals surface area contributed by atoms with Crippen LogP contribution in [0.25, 0.3) is 0 Å². The van der Waals surface area contributed by atoms with Gasteiger partial charge in [-0.15, -0.1) is 0 Å². The highest BCUT2D eigenvalue weighted by Gasteiger charge is 2.56. The third-order valence-corrected chi connectivity index (χ3v) is 2.51. The molecule has 0 unspecified atom stereocenters. The van der Waals surface area contributed by atoms with Crippen LogP contribution in [0.1, 0.15) is 6.92 Å². The van der Waals surface area contributed by atoms with Gasteiger partial charge in [0.1, 0.15) is 24.4 Å².